The number of methoxy groups -OCH3 is 2. The number of nitrogens with zero attached hydrogens (tertiary/aromatic N) is 6. The van der Waals surface area contributed by atoms with Gasteiger partial charge in [-0.15, -0.1) is 0 Å². The van der Waals surface area contributed by atoms with Crippen molar-refractivity contribution < 1.29 is 29.1 Å². The normalized spacial score (nSPS) is 10.9. The summed E-state index contributed by atoms with van der Waals surface area (Å²) in [6, 6.07) is 4.33. The van der Waals surface area contributed by atoms with E-state index in [4.69, 9.17) is 9.47 Å². The van der Waals surface area contributed by atoms with Gasteiger partial charge in [-0.1, -0.05) is 13.8 Å². The molecule has 3 N–H and O–H groups in total. The minimum Gasteiger partial charge on any atom is -0.494 e. The molecule has 230 valence electrons. The number of rotatable bonds is 13. The summed E-state index contributed by atoms with van der Waals surface area (Å²) in [7, 11) is 9.82. The largest absolute Gasteiger partial charge is 0.494 e. The number of carbonyl (C=O) groups excluding carboxylic acids is 1. The predicted octanol–water partition coefficient (Wildman–Crippen LogP) is 3.85. The summed E-state index contributed by atoms with van der Waals surface area (Å²) in [4.78, 5) is 53.3. The number of likely N-dealkylation sites (N-methyl/N-ethyl adjacent to an activating group) is 2. The third kappa shape index (κ3) is 7.24. The molecular weight excluding hydrogens is 560 g/mol. The summed E-state index contributed by atoms with van der Waals surface area (Å²) in [5.41, 5.74) is 0.959. The van der Waals surface area contributed by atoms with Gasteiger partial charge < -0.3 is 35.0 Å². The van der Waals surface area contributed by atoms with Crippen molar-refractivity contribution in [1.82, 2.24) is 19.9 Å². The lowest BCUT2D eigenvalue weighted by Gasteiger charge is -2.23. The van der Waals surface area contributed by atoms with Crippen molar-refractivity contribution in [1.29, 1.82) is 0 Å². The topological polar surface area (TPSA) is 185 Å². The Morgan fingerprint density at radius 1 is 1.09 bits per heavy atom. The van der Waals surface area contributed by atoms with Gasteiger partial charge in [-0.25, -0.2) is 24.5 Å². The molecule has 0 aliphatic carbocycles. The van der Waals surface area contributed by atoms with Gasteiger partial charge in [-0.05, 0) is 26.1 Å². The maximum Gasteiger partial charge on any atom is 0.341 e. The molecule has 0 atom stereocenters. The Morgan fingerprint density at radius 2 is 1.79 bits per heavy atom. The number of benzene rings is 1. The molecule has 3 rings (SSSR count). The minimum atomic E-state index is -1.30. The molecule has 2 heterocycles. The van der Waals surface area contributed by atoms with Crippen LogP contribution in [0.1, 0.15) is 46.2 Å². The lowest BCUT2D eigenvalue weighted by atomic mass is 9.96. The highest BCUT2D eigenvalue weighted by Crippen LogP contribution is 2.39. The molecule has 43 heavy (non-hydrogen) atoms. The third-order valence-corrected chi connectivity index (χ3v) is 6.55. The number of pyridine rings is 1. The van der Waals surface area contributed by atoms with E-state index in [1.165, 1.54) is 26.4 Å². The van der Waals surface area contributed by atoms with Gasteiger partial charge in [-0.3, -0.25) is 10.1 Å². The van der Waals surface area contributed by atoms with E-state index in [1.807, 2.05) is 32.8 Å². The molecule has 0 spiro atoms. The van der Waals surface area contributed by atoms with Gasteiger partial charge in [0, 0.05) is 51.1 Å². The zero-order valence-electron chi connectivity index (χ0n) is 25.4. The van der Waals surface area contributed by atoms with E-state index in [0.29, 0.717) is 24.5 Å². The summed E-state index contributed by atoms with van der Waals surface area (Å²) in [6.07, 6.45) is 1.12. The molecule has 0 aliphatic heterocycles. The number of nitrogens with one attached hydrogen (secondary N) is 2. The van der Waals surface area contributed by atoms with Gasteiger partial charge in [0.25, 0.3) is 5.69 Å². The summed E-state index contributed by atoms with van der Waals surface area (Å²) < 4.78 is 10.4. The van der Waals surface area contributed by atoms with E-state index in [2.05, 4.69) is 25.6 Å². The first-order chi connectivity index (χ1) is 20.3. The second kappa shape index (κ2) is 13.7. The van der Waals surface area contributed by atoms with Gasteiger partial charge in [0.1, 0.15) is 28.4 Å². The van der Waals surface area contributed by atoms with Crippen LogP contribution in [0.2, 0.25) is 0 Å². The van der Waals surface area contributed by atoms with Crippen molar-refractivity contribution in [2.45, 2.75) is 19.8 Å². The third-order valence-electron chi connectivity index (χ3n) is 6.55. The molecule has 0 aliphatic rings. The Bertz CT molecular complexity index is 1530. The van der Waals surface area contributed by atoms with Crippen LogP contribution in [0.3, 0.4) is 0 Å². The molecule has 0 unspecified atom stereocenters. The SMILES string of the molecule is CNc1nc(C(C)C)c(-c2nc(Nc3cc([N+](=O)[O-])c(N(C)CCN(C)C)cc3OC)ncc2C(=O)O)cc1C(=O)OC. The second-order valence-electron chi connectivity index (χ2n) is 10.1. The zero-order chi connectivity index (χ0) is 32.0. The summed E-state index contributed by atoms with van der Waals surface area (Å²) >= 11 is 0. The molecule has 0 bridgehead atoms. The number of carboxylic acids is 1. The zero-order valence-corrected chi connectivity index (χ0v) is 25.4. The number of hydrogen-bond donors (Lipinski definition) is 3. The van der Waals surface area contributed by atoms with Gasteiger partial charge in [0.15, 0.2) is 0 Å². The molecule has 0 radical (unpaired) electrons. The van der Waals surface area contributed by atoms with E-state index in [9.17, 15) is 24.8 Å². The van der Waals surface area contributed by atoms with Crippen molar-refractivity contribution in [2.24, 2.45) is 0 Å². The molecule has 0 amide bonds. The molecular formula is C28H36N8O7. The molecule has 2 aromatic heterocycles. The number of carbonyl (C=O) groups is 2. The molecule has 15 nitrogen and oxygen atoms in total. The fourth-order valence-corrected chi connectivity index (χ4v) is 4.28. The van der Waals surface area contributed by atoms with Gasteiger partial charge >= 0.3 is 11.9 Å². The first kappa shape index (κ1) is 32.5. The number of nitro benzene ring substituents is 1. The molecule has 0 fully saturated rings. The first-order valence-corrected chi connectivity index (χ1v) is 13.2. The highest BCUT2D eigenvalue weighted by molar-refractivity contribution is 5.99. The number of anilines is 4. The molecule has 1 aromatic carbocycles. The van der Waals surface area contributed by atoms with E-state index in [1.54, 1.807) is 25.1 Å². The van der Waals surface area contributed by atoms with Crippen LogP contribution < -0.4 is 20.3 Å². The molecule has 0 saturated heterocycles. The number of hydrogen-bond acceptors (Lipinski definition) is 13. The second-order valence-corrected chi connectivity index (χ2v) is 10.1. The smallest absolute Gasteiger partial charge is 0.341 e. The average molecular weight is 597 g/mol. The lowest BCUT2D eigenvalue weighted by Crippen LogP contribution is -2.29. The Labute approximate surface area is 249 Å². The van der Waals surface area contributed by atoms with Crippen LogP contribution in [-0.4, -0.2) is 97.3 Å². The summed E-state index contributed by atoms with van der Waals surface area (Å²) in [5, 5.41) is 27.8. The van der Waals surface area contributed by atoms with Crippen LogP contribution in [0, 0.1) is 10.1 Å². The van der Waals surface area contributed by atoms with Crippen LogP contribution in [0.25, 0.3) is 11.3 Å². The summed E-state index contributed by atoms with van der Waals surface area (Å²) in [6.45, 7) is 4.93. The van der Waals surface area contributed by atoms with Gasteiger partial charge in [-0.2, -0.15) is 0 Å². The van der Waals surface area contributed by atoms with Crippen LogP contribution in [0.4, 0.5) is 28.8 Å². The number of ether oxygens (including phenoxy) is 2. The quantitative estimate of drug-likeness (QED) is 0.147. The highest BCUT2D eigenvalue weighted by Gasteiger charge is 2.26. The predicted molar refractivity (Wildman–Crippen MR) is 162 cm³/mol. The van der Waals surface area contributed by atoms with Crippen molar-refractivity contribution >= 4 is 40.8 Å². The molecule has 0 saturated carbocycles. The van der Waals surface area contributed by atoms with Crippen LogP contribution in [0.5, 0.6) is 5.75 Å². The summed E-state index contributed by atoms with van der Waals surface area (Å²) in [5.74, 6) is -1.69. The van der Waals surface area contributed by atoms with E-state index in [0.717, 1.165) is 6.20 Å². The van der Waals surface area contributed by atoms with Gasteiger partial charge in [0.2, 0.25) is 5.95 Å². The monoisotopic (exact) mass is 596 g/mol. The molecule has 15 heteroatoms. The van der Waals surface area contributed by atoms with Crippen LogP contribution in [-0.2, 0) is 4.74 Å². The fraction of sp³-hybridized carbons (Fsp3) is 0.393. The number of aromatic carboxylic acids is 1. The Hall–Kier alpha value is -5.05. The first-order valence-electron chi connectivity index (χ1n) is 13.2. The average Bonchev–Trinajstić information content (AvgIpc) is 2.98. The van der Waals surface area contributed by atoms with Crippen molar-refractivity contribution in [2.75, 3.05) is 71.0 Å². The number of nitro groups is 1. The van der Waals surface area contributed by atoms with Crippen molar-refractivity contribution in [3.8, 4) is 17.0 Å². The van der Waals surface area contributed by atoms with Gasteiger partial charge in [0.05, 0.1) is 36.2 Å². The fourth-order valence-electron chi connectivity index (χ4n) is 4.28. The lowest BCUT2D eigenvalue weighted by molar-refractivity contribution is -0.384. The Morgan fingerprint density at radius 3 is 2.33 bits per heavy atom. The Kier molecular flexibility index (Phi) is 10.4. The maximum atomic E-state index is 12.6. The van der Waals surface area contributed by atoms with E-state index >= 15 is 0 Å². The standard InChI is InChI=1S/C28H36N8O7/c1-15(2)23-16(11-17(27(39)43-8)25(29-3)32-23)24-18(26(37)38)14-30-28(33-24)31-19-12-21(36(40)41)20(13-22(19)42-7)35(6)10-9-34(4)5/h11-15H,9-10H2,1-8H3,(H,29,32)(H,37,38)(H,30,31,33). The van der Waals surface area contributed by atoms with Crippen molar-refractivity contribution in [3.05, 3.63) is 51.3 Å². The number of carboxylic acid groups (broad SMARTS) is 1. The van der Waals surface area contributed by atoms with Crippen LogP contribution in [0.15, 0.2) is 24.4 Å². The van der Waals surface area contributed by atoms with Crippen LogP contribution >= 0.6 is 0 Å². The Balaban J connectivity index is 2.20. The van der Waals surface area contributed by atoms with E-state index in [-0.39, 0.29) is 57.2 Å². The number of aromatic nitrogens is 3. The minimum absolute atomic E-state index is 0.0116. The van der Waals surface area contributed by atoms with E-state index < -0.39 is 16.9 Å². The number of esters is 1. The van der Waals surface area contributed by atoms with Crippen molar-refractivity contribution in [3.63, 3.8) is 0 Å². The molecule has 3 aromatic rings. The maximum absolute atomic E-state index is 12.6. The highest BCUT2D eigenvalue weighted by atomic mass is 16.6.